The Kier molecular flexibility index (Phi) is 5.76. The van der Waals surface area contributed by atoms with Crippen molar-refractivity contribution >= 4 is 17.9 Å². The van der Waals surface area contributed by atoms with Gasteiger partial charge in [-0.3, -0.25) is 9.59 Å². The summed E-state index contributed by atoms with van der Waals surface area (Å²) in [5.74, 6) is -3.04. The van der Waals surface area contributed by atoms with Gasteiger partial charge in [0, 0.05) is 6.42 Å². The second-order valence-corrected chi connectivity index (χ2v) is 5.95. The van der Waals surface area contributed by atoms with Crippen molar-refractivity contribution in [3.8, 4) is 0 Å². The van der Waals surface area contributed by atoms with Crippen molar-refractivity contribution in [1.82, 2.24) is 0 Å². The number of cyclic esters (lactones) is 1. The van der Waals surface area contributed by atoms with E-state index in [0.717, 1.165) is 32.1 Å². The second-order valence-electron chi connectivity index (χ2n) is 5.95. The summed E-state index contributed by atoms with van der Waals surface area (Å²) in [5.41, 5.74) is -2.22. The van der Waals surface area contributed by atoms with Crippen LogP contribution in [0.5, 0.6) is 0 Å². The number of hydrogen-bond donors (Lipinski definition) is 1. The Hall–Kier alpha value is -1.89. The first-order chi connectivity index (χ1) is 10.9. The van der Waals surface area contributed by atoms with Gasteiger partial charge in [0.2, 0.25) is 0 Å². The maximum atomic E-state index is 11.9. The lowest BCUT2D eigenvalue weighted by molar-refractivity contribution is -0.172. The highest BCUT2D eigenvalue weighted by Gasteiger charge is 2.49. The molecular weight excluding hydrogens is 304 g/mol. The predicted octanol–water partition coefficient (Wildman–Crippen LogP) is 2.07. The van der Waals surface area contributed by atoms with Gasteiger partial charge in [-0.25, -0.2) is 4.79 Å². The average Bonchev–Trinajstić information content (AvgIpc) is 2.54. The molecule has 1 unspecified atom stereocenters. The fourth-order valence-corrected chi connectivity index (χ4v) is 2.57. The fraction of sp³-hybridized carbons (Fsp3) is 0.688. The van der Waals surface area contributed by atoms with Crippen LogP contribution < -0.4 is 0 Å². The minimum Gasteiger partial charge on any atom is -0.423 e. The van der Waals surface area contributed by atoms with E-state index >= 15 is 0 Å². The molecule has 2 heterocycles. The summed E-state index contributed by atoms with van der Waals surface area (Å²) in [6, 6.07) is 0. The topological polar surface area (TPSA) is 99.1 Å². The van der Waals surface area contributed by atoms with Crippen LogP contribution in [-0.4, -0.2) is 28.6 Å². The van der Waals surface area contributed by atoms with Gasteiger partial charge < -0.3 is 19.3 Å². The van der Waals surface area contributed by atoms with Crippen molar-refractivity contribution in [1.29, 1.82) is 0 Å². The third-order valence-electron chi connectivity index (χ3n) is 3.87. The van der Waals surface area contributed by atoms with Crippen molar-refractivity contribution in [2.45, 2.75) is 70.3 Å². The first-order valence-electron chi connectivity index (χ1n) is 8.04. The molecule has 0 aromatic rings. The quantitative estimate of drug-likeness (QED) is 0.565. The number of rotatable bonds is 7. The Morgan fingerprint density at radius 2 is 1.52 bits per heavy atom. The highest BCUT2D eigenvalue weighted by atomic mass is 16.7. The summed E-state index contributed by atoms with van der Waals surface area (Å²) in [4.78, 5) is 35.4. The highest BCUT2D eigenvalue weighted by Crippen LogP contribution is 2.31. The van der Waals surface area contributed by atoms with Gasteiger partial charge in [0.15, 0.2) is 11.4 Å². The molecule has 0 aromatic heterocycles. The first kappa shape index (κ1) is 17.5. The number of allylic oxidation sites excluding steroid dienone is 1. The van der Waals surface area contributed by atoms with Crippen LogP contribution in [0.25, 0.3) is 0 Å². The van der Waals surface area contributed by atoms with Crippen molar-refractivity contribution in [3.05, 3.63) is 11.7 Å². The number of hydrogen-bond acceptors (Lipinski definition) is 7. The molecule has 0 amide bonds. The molecule has 2 rings (SSSR count). The van der Waals surface area contributed by atoms with E-state index in [-0.39, 0.29) is 5.76 Å². The molecule has 2 bridgehead atoms. The van der Waals surface area contributed by atoms with Crippen molar-refractivity contribution in [2.24, 2.45) is 0 Å². The van der Waals surface area contributed by atoms with Crippen LogP contribution in [0.1, 0.15) is 64.7 Å². The summed E-state index contributed by atoms with van der Waals surface area (Å²) < 4.78 is 15.0. The Balaban J connectivity index is 2.06. The highest BCUT2D eigenvalue weighted by molar-refractivity contribution is 5.92. The summed E-state index contributed by atoms with van der Waals surface area (Å²) in [7, 11) is 0. The SMILES string of the molecule is CCCCCCCC/C1=C2\OC(=O)CC(O)(CC(=O)O1)C(=O)O2. The largest absolute Gasteiger partial charge is 0.423 e. The molecule has 0 saturated carbocycles. The molecule has 1 atom stereocenters. The average molecular weight is 326 g/mol. The standard InChI is InChI=1S/C16H22O7/c1-2-3-4-5-6-7-8-11-14-22-13(18)10-16(20,15(19)23-14)9-12(17)21-11/h20H,2-10H2,1H3/b14-11-. The van der Waals surface area contributed by atoms with E-state index in [1.54, 1.807) is 0 Å². The van der Waals surface area contributed by atoms with Gasteiger partial charge in [-0.2, -0.15) is 0 Å². The van der Waals surface area contributed by atoms with Gasteiger partial charge in [-0.1, -0.05) is 39.0 Å². The van der Waals surface area contributed by atoms with Crippen LogP contribution in [0.15, 0.2) is 11.7 Å². The van der Waals surface area contributed by atoms with E-state index in [1.165, 1.54) is 6.42 Å². The number of esters is 3. The van der Waals surface area contributed by atoms with Crippen LogP contribution in [0.3, 0.4) is 0 Å². The molecular formula is C16H22O7. The zero-order chi connectivity index (χ0) is 16.9. The number of carbonyl (C=O) groups excluding carboxylic acids is 3. The number of fused-ring (bicyclic) bond motifs is 3. The monoisotopic (exact) mass is 326 g/mol. The molecule has 128 valence electrons. The van der Waals surface area contributed by atoms with Gasteiger partial charge in [0.1, 0.15) is 0 Å². The smallest absolute Gasteiger partial charge is 0.347 e. The Morgan fingerprint density at radius 3 is 2.22 bits per heavy atom. The summed E-state index contributed by atoms with van der Waals surface area (Å²) in [5, 5.41) is 10.1. The van der Waals surface area contributed by atoms with Gasteiger partial charge in [0.25, 0.3) is 0 Å². The fourth-order valence-electron chi connectivity index (χ4n) is 2.57. The maximum Gasteiger partial charge on any atom is 0.347 e. The van der Waals surface area contributed by atoms with E-state index in [9.17, 15) is 19.5 Å². The maximum absolute atomic E-state index is 11.9. The summed E-state index contributed by atoms with van der Waals surface area (Å²) in [6.45, 7) is 2.14. The number of aliphatic hydroxyl groups is 1. The van der Waals surface area contributed by atoms with E-state index in [0.29, 0.717) is 6.42 Å². The van der Waals surface area contributed by atoms with Crippen LogP contribution in [0, 0.1) is 0 Å². The minimum absolute atomic E-state index is 0.0381. The van der Waals surface area contributed by atoms with E-state index in [1.807, 2.05) is 0 Å². The Bertz CT molecular complexity index is 523. The lowest BCUT2D eigenvalue weighted by Crippen LogP contribution is -2.43. The van der Waals surface area contributed by atoms with Crippen molar-refractivity contribution in [2.75, 3.05) is 0 Å². The molecule has 0 aromatic carbocycles. The van der Waals surface area contributed by atoms with Crippen molar-refractivity contribution < 1.29 is 33.7 Å². The number of carbonyl (C=O) groups is 3. The normalized spacial score (nSPS) is 27.7. The summed E-state index contributed by atoms with van der Waals surface area (Å²) >= 11 is 0. The molecule has 2 aliphatic heterocycles. The minimum atomic E-state index is -2.22. The lowest BCUT2D eigenvalue weighted by atomic mass is 9.96. The van der Waals surface area contributed by atoms with E-state index in [2.05, 4.69) is 6.92 Å². The Labute approximate surface area is 134 Å². The molecule has 7 heteroatoms. The van der Waals surface area contributed by atoms with Gasteiger partial charge in [0.05, 0.1) is 12.8 Å². The third-order valence-corrected chi connectivity index (χ3v) is 3.87. The van der Waals surface area contributed by atoms with Crippen LogP contribution in [0.4, 0.5) is 0 Å². The van der Waals surface area contributed by atoms with Gasteiger partial charge in [-0.05, 0) is 6.42 Å². The molecule has 23 heavy (non-hydrogen) atoms. The number of ether oxygens (including phenoxy) is 3. The Morgan fingerprint density at radius 1 is 0.913 bits per heavy atom. The zero-order valence-corrected chi connectivity index (χ0v) is 13.3. The molecule has 7 nitrogen and oxygen atoms in total. The van der Waals surface area contributed by atoms with Crippen LogP contribution in [-0.2, 0) is 28.6 Å². The molecule has 0 radical (unpaired) electrons. The molecule has 2 aliphatic rings. The zero-order valence-electron chi connectivity index (χ0n) is 13.3. The lowest BCUT2D eigenvalue weighted by Gasteiger charge is -2.22. The van der Waals surface area contributed by atoms with Gasteiger partial charge >= 0.3 is 23.9 Å². The molecule has 1 N–H and O–H groups in total. The molecule has 1 fully saturated rings. The van der Waals surface area contributed by atoms with E-state index in [4.69, 9.17) is 14.2 Å². The van der Waals surface area contributed by atoms with Crippen LogP contribution in [0.2, 0.25) is 0 Å². The molecule has 0 aliphatic carbocycles. The van der Waals surface area contributed by atoms with Crippen LogP contribution >= 0.6 is 0 Å². The number of unbranched alkanes of at least 4 members (excludes halogenated alkanes) is 5. The third kappa shape index (κ3) is 4.54. The van der Waals surface area contributed by atoms with E-state index < -0.39 is 42.3 Å². The first-order valence-corrected chi connectivity index (χ1v) is 8.04. The predicted molar refractivity (Wildman–Crippen MR) is 77.5 cm³/mol. The summed E-state index contributed by atoms with van der Waals surface area (Å²) in [6.07, 6.45) is 5.24. The second kappa shape index (κ2) is 7.59. The van der Waals surface area contributed by atoms with Crippen molar-refractivity contribution in [3.63, 3.8) is 0 Å². The van der Waals surface area contributed by atoms with Gasteiger partial charge in [-0.15, -0.1) is 0 Å². The molecule has 1 saturated heterocycles. The molecule has 0 spiro atoms.